The standard InChI is InChI=1S/C12H16ClN5/c1-7(8-4-2-3-5-8)15-10-9-6-14-18-11(9)17-12(13)16-10/h6-8H,2-5H2,1H3,(H2,14,15,16,17,18). The van der Waals surface area contributed by atoms with Crippen molar-refractivity contribution < 1.29 is 0 Å². The number of nitrogens with zero attached hydrogens (tertiary/aromatic N) is 3. The maximum atomic E-state index is 5.91. The SMILES string of the molecule is CC(Nc1nc(Cl)nc2[nH]ncc12)C1CCCC1. The van der Waals surface area contributed by atoms with Crippen LogP contribution in [0, 0.1) is 5.92 Å². The van der Waals surface area contributed by atoms with Gasteiger partial charge >= 0.3 is 0 Å². The molecule has 0 radical (unpaired) electrons. The zero-order chi connectivity index (χ0) is 12.5. The molecule has 6 heteroatoms. The molecule has 1 aliphatic rings. The van der Waals surface area contributed by atoms with Gasteiger partial charge in [0.2, 0.25) is 5.28 Å². The number of rotatable bonds is 3. The van der Waals surface area contributed by atoms with E-state index in [-0.39, 0.29) is 5.28 Å². The Morgan fingerprint density at radius 1 is 1.39 bits per heavy atom. The zero-order valence-electron chi connectivity index (χ0n) is 10.3. The first-order chi connectivity index (χ1) is 8.74. The van der Waals surface area contributed by atoms with Gasteiger partial charge < -0.3 is 5.32 Å². The second-order valence-corrected chi connectivity index (χ2v) is 5.29. The normalized spacial score (nSPS) is 18.3. The summed E-state index contributed by atoms with van der Waals surface area (Å²) in [6, 6.07) is 0.400. The number of nitrogens with one attached hydrogen (secondary N) is 2. The average Bonchev–Trinajstić information content (AvgIpc) is 2.98. The van der Waals surface area contributed by atoms with E-state index < -0.39 is 0 Å². The molecule has 1 saturated carbocycles. The van der Waals surface area contributed by atoms with Gasteiger partial charge in [-0.1, -0.05) is 12.8 Å². The first kappa shape index (κ1) is 11.7. The first-order valence-corrected chi connectivity index (χ1v) is 6.75. The lowest BCUT2D eigenvalue weighted by molar-refractivity contribution is 0.481. The van der Waals surface area contributed by atoms with Gasteiger partial charge in [-0.15, -0.1) is 0 Å². The second-order valence-electron chi connectivity index (χ2n) is 4.95. The lowest BCUT2D eigenvalue weighted by atomic mass is 10.00. The first-order valence-electron chi connectivity index (χ1n) is 6.37. The fourth-order valence-corrected chi connectivity index (χ4v) is 2.88. The third-order valence-electron chi connectivity index (χ3n) is 3.75. The molecule has 2 aromatic heterocycles. The average molecular weight is 266 g/mol. The van der Waals surface area contributed by atoms with Gasteiger partial charge in [0, 0.05) is 6.04 Å². The van der Waals surface area contributed by atoms with E-state index in [0.717, 1.165) is 17.1 Å². The van der Waals surface area contributed by atoms with Gasteiger partial charge in [-0.2, -0.15) is 15.1 Å². The molecule has 0 saturated heterocycles. The van der Waals surface area contributed by atoms with E-state index >= 15 is 0 Å². The number of halogens is 1. The molecule has 3 rings (SSSR count). The molecule has 1 aliphatic carbocycles. The summed E-state index contributed by atoms with van der Waals surface area (Å²) >= 11 is 5.91. The second kappa shape index (κ2) is 4.72. The molecule has 0 spiro atoms. The van der Waals surface area contributed by atoms with E-state index in [1.54, 1.807) is 6.20 Å². The maximum absolute atomic E-state index is 5.91. The largest absolute Gasteiger partial charge is 0.367 e. The fraction of sp³-hybridized carbons (Fsp3) is 0.583. The minimum absolute atomic E-state index is 0.243. The van der Waals surface area contributed by atoms with Crippen LogP contribution in [0.2, 0.25) is 5.28 Å². The summed E-state index contributed by atoms with van der Waals surface area (Å²) in [5.74, 6) is 1.50. The number of aromatic amines is 1. The zero-order valence-corrected chi connectivity index (χ0v) is 11.0. The van der Waals surface area contributed by atoms with Crippen LogP contribution in [0.4, 0.5) is 5.82 Å². The molecule has 2 aromatic rings. The number of anilines is 1. The molecule has 0 amide bonds. The predicted molar refractivity (Wildman–Crippen MR) is 71.7 cm³/mol. The quantitative estimate of drug-likeness (QED) is 0.838. The van der Waals surface area contributed by atoms with Crippen molar-refractivity contribution in [3.63, 3.8) is 0 Å². The number of fused-ring (bicyclic) bond motifs is 1. The van der Waals surface area contributed by atoms with Crippen LogP contribution in [0.3, 0.4) is 0 Å². The van der Waals surface area contributed by atoms with Crippen molar-refractivity contribution >= 4 is 28.5 Å². The van der Waals surface area contributed by atoms with E-state index in [0.29, 0.717) is 11.7 Å². The summed E-state index contributed by atoms with van der Waals surface area (Å²) in [4.78, 5) is 8.37. The van der Waals surface area contributed by atoms with Crippen LogP contribution in [-0.2, 0) is 0 Å². The molecule has 1 unspecified atom stereocenters. The molecule has 1 fully saturated rings. The highest BCUT2D eigenvalue weighted by Crippen LogP contribution is 2.30. The molecule has 1 atom stereocenters. The summed E-state index contributed by atoms with van der Waals surface area (Å²) in [5.41, 5.74) is 0.677. The van der Waals surface area contributed by atoms with E-state index in [9.17, 15) is 0 Å². The predicted octanol–water partition coefficient (Wildman–Crippen LogP) is 3.00. The number of aromatic nitrogens is 4. The van der Waals surface area contributed by atoms with Gasteiger partial charge in [-0.05, 0) is 37.3 Å². The van der Waals surface area contributed by atoms with E-state index in [2.05, 4.69) is 32.4 Å². The van der Waals surface area contributed by atoms with Gasteiger partial charge in [0.15, 0.2) is 5.65 Å². The summed E-state index contributed by atoms with van der Waals surface area (Å²) in [5, 5.41) is 11.4. The van der Waals surface area contributed by atoms with E-state index in [1.807, 2.05) is 0 Å². The third kappa shape index (κ3) is 2.14. The fourth-order valence-electron chi connectivity index (χ4n) is 2.71. The topological polar surface area (TPSA) is 66.5 Å². The van der Waals surface area contributed by atoms with Gasteiger partial charge in [0.25, 0.3) is 0 Å². The molecular formula is C12H16ClN5. The minimum atomic E-state index is 0.243. The van der Waals surface area contributed by atoms with Gasteiger partial charge in [0.05, 0.1) is 11.6 Å². The molecule has 2 heterocycles. The number of H-pyrrole nitrogens is 1. The van der Waals surface area contributed by atoms with E-state index in [4.69, 9.17) is 11.6 Å². The molecule has 0 aromatic carbocycles. The molecule has 0 bridgehead atoms. The van der Waals surface area contributed by atoms with Crippen LogP contribution in [0.1, 0.15) is 32.6 Å². The minimum Gasteiger partial charge on any atom is -0.367 e. The highest BCUT2D eigenvalue weighted by atomic mass is 35.5. The molecule has 0 aliphatic heterocycles. The van der Waals surface area contributed by atoms with Crippen molar-refractivity contribution in [3.8, 4) is 0 Å². The molecule has 2 N–H and O–H groups in total. The molecule has 18 heavy (non-hydrogen) atoms. The smallest absolute Gasteiger partial charge is 0.226 e. The van der Waals surface area contributed by atoms with Gasteiger partial charge in [-0.3, -0.25) is 5.10 Å². The number of hydrogen-bond donors (Lipinski definition) is 2. The summed E-state index contributed by atoms with van der Waals surface area (Å²) in [6.45, 7) is 2.21. The van der Waals surface area contributed by atoms with Crippen molar-refractivity contribution in [1.82, 2.24) is 20.2 Å². The van der Waals surface area contributed by atoms with Crippen LogP contribution in [-0.4, -0.2) is 26.2 Å². The van der Waals surface area contributed by atoms with Crippen molar-refractivity contribution in [2.24, 2.45) is 5.92 Å². The molecular weight excluding hydrogens is 250 g/mol. The Labute approximate surface area is 110 Å². The third-order valence-corrected chi connectivity index (χ3v) is 3.92. The highest BCUT2D eigenvalue weighted by Gasteiger charge is 2.22. The van der Waals surface area contributed by atoms with Crippen LogP contribution in [0.25, 0.3) is 11.0 Å². The monoisotopic (exact) mass is 265 g/mol. The molecule has 96 valence electrons. The van der Waals surface area contributed by atoms with Gasteiger partial charge in [-0.25, -0.2) is 0 Å². The Hall–Kier alpha value is -1.36. The van der Waals surface area contributed by atoms with Crippen molar-refractivity contribution in [1.29, 1.82) is 0 Å². The Kier molecular flexibility index (Phi) is 3.07. The summed E-state index contributed by atoms with van der Waals surface area (Å²) in [6.07, 6.45) is 6.99. The van der Waals surface area contributed by atoms with Crippen molar-refractivity contribution in [2.45, 2.75) is 38.6 Å². The molecule has 5 nitrogen and oxygen atoms in total. The van der Waals surface area contributed by atoms with Crippen LogP contribution in [0.15, 0.2) is 6.20 Å². The van der Waals surface area contributed by atoms with Crippen molar-refractivity contribution in [2.75, 3.05) is 5.32 Å². The number of hydrogen-bond acceptors (Lipinski definition) is 4. The van der Waals surface area contributed by atoms with Gasteiger partial charge in [0.1, 0.15) is 5.82 Å². The Morgan fingerprint density at radius 2 is 2.17 bits per heavy atom. The maximum Gasteiger partial charge on any atom is 0.226 e. The van der Waals surface area contributed by atoms with E-state index in [1.165, 1.54) is 25.7 Å². The summed E-state index contributed by atoms with van der Waals surface area (Å²) < 4.78 is 0. The van der Waals surface area contributed by atoms with Crippen LogP contribution < -0.4 is 5.32 Å². The van der Waals surface area contributed by atoms with Crippen LogP contribution >= 0.6 is 11.6 Å². The Balaban J connectivity index is 1.86. The Bertz CT molecular complexity index is 546. The Morgan fingerprint density at radius 3 is 2.94 bits per heavy atom. The highest BCUT2D eigenvalue weighted by molar-refractivity contribution is 6.28. The lowest BCUT2D eigenvalue weighted by Gasteiger charge is -2.21. The summed E-state index contributed by atoms with van der Waals surface area (Å²) in [7, 11) is 0. The van der Waals surface area contributed by atoms with Crippen molar-refractivity contribution in [3.05, 3.63) is 11.5 Å². The van der Waals surface area contributed by atoms with Crippen LogP contribution in [0.5, 0.6) is 0 Å². The lowest BCUT2D eigenvalue weighted by Crippen LogP contribution is -2.24.